The molecule has 1 amide bonds. The second-order valence-electron chi connectivity index (χ2n) is 4.03. The highest BCUT2D eigenvalue weighted by Crippen LogP contribution is 2.28. The van der Waals surface area contributed by atoms with E-state index in [1.165, 1.54) is 18.2 Å². The van der Waals surface area contributed by atoms with Gasteiger partial charge in [-0.3, -0.25) is 14.9 Å². The van der Waals surface area contributed by atoms with Crippen LogP contribution in [-0.4, -0.2) is 15.4 Å². The molecular weight excluding hydrogens is 394 g/mol. The van der Waals surface area contributed by atoms with Crippen LogP contribution in [0.5, 0.6) is 0 Å². The number of nitrogens with zero attached hydrogens (tertiary/aromatic N) is 2. The molecule has 20 heavy (non-hydrogen) atoms. The Labute approximate surface area is 131 Å². The Balaban J connectivity index is 2.22. The van der Waals surface area contributed by atoms with Crippen molar-refractivity contribution in [2.45, 2.75) is 0 Å². The van der Waals surface area contributed by atoms with Crippen LogP contribution in [0.1, 0.15) is 10.5 Å². The Morgan fingerprint density at radius 1 is 1.35 bits per heavy atom. The Kier molecular flexibility index (Phi) is 4.24. The summed E-state index contributed by atoms with van der Waals surface area (Å²) in [5.74, 6) is -0.293. The van der Waals surface area contributed by atoms with E-state index in [-0.39, 0.29) is 11.6 Å². The smallest absolute Gasteiger partial charge is 0.283 e. The average molecular weight is 403 g/mol. The molecule has 2 rings (SSSR count). The van der Waals surface area contributed by atoms with E-state index in [9.17, 15) is 14.9 Å². The minimum Gasteiger partial charge on any atom is -0.345 e. The molecule has 0 aliphatic rings. The number of carbonyl (C=O) groups is 1. The van der Waals surface area contributed by atoms with Crippen molar-refractivity contribution in [3.8, 4) is 0 Å². The number of nitrogens with one attached hydrogen (secondary N) is 1. The number of rotatable bonds is 3. The molecule has 0 spiro atoms. The summed E-state index contributed by atoms with van der Waals surface area (Å²) in [5, 5.41) is 13.4. The SMILES string of the molecule is Cn1cc(Br)cc1C(=O)Nc1ccc([N+](=O)[O-])c(Br)c1. The second kappa shape index (κ2) is 5.76. The molecule has 0 aliphatic heterocycles. The zero-order valence-corrected chi connectivity index (χ0v) is 13.4. The van der Waals surface area contributed by atoms with Crippen molar-refractivity contribution in [1.29, 1.82) is 0 Å². The molecule has 0 aliphatic carbocycles. The maximum absolute atomic E-state index is 12.1. The van der Waals surface area contributed by atoms with E-state index in [1.54, 1.807) is 23.9 Å². The lowest BCUT2D eigenvalue weighted by Gasteiger charge is -2.06. The van der Waals surface area contributed by atoms with Gasteiger partial charge in [0, 0.05) is 29.5 Å². The van der Waals surface area contributed by atoms with Crippen molar-refractivity contribution in [1.82, 2.24) is 4.57 Å². The molecule has 0 saturated carbocycles. The molecule has 1 aromatic heterocycles. The molecular formula is C12H9Br2N3O3. The number of anilines is 1. The summed E-state index contributed by atoms with van der Waals surface area (Å²) in [5.41, 5.74) is 0.903. The lowest BCUT2D eigenvalue weighted by atomic mass is 10.2. The summed E-state index contributed by atoms with van der Waals surface area (Å²) >= 11 is 6.40. The Morgan fingerprint density at radius 3 is 2.55 bits per heavy atom. The fraction of sp³-hybridized carbons (Fsp3) is 0.0833. The first-order valence-electron chi connectivity index (χ1n) is 5.45. The minimum atomic E-state index is -0.496. The van der Waals surface area contributed by atoms with Crippen LogP contribution < -0.4 is 5.32 Å². The highest BCUT2D eigenvalue weighted by atomic mass is 79.9. The molecule has 0 fully saturated rings. The molecule has 0 atom stereocenters. The average Bonchev–Trinajstić information content (AvgIpc) is 2.68. The van der Waals surface area contributed by atoms with E-state index in [0.717, 1.165) is 4.47 Å². The number of carbonyl (C=O) groups excluding carboxylic acids is 1. The van der Waals surface area contributed by atoms with E-state index in [0.29, 0.717) is 15.9 Å². The zero-order valence-electron chi connectivity index (χ0n) is 10.3. The highest BCUT2D eigenvalue weighted by Gasteiger charge is 2.15. The van der Waals surface area contributed by atoms with Gasteiger partial charge in [0.05, 0.1) is 9.40 Å². The highest BCUT2D eigenvalue weighted by molar-refractivity contribution is 9.10. The van der Waals surface area contributed by atoms with Gasteiger partial charge in [0.1, 0.15) is 5.69 Å². The molecule has 1 heterocycles. The number of hydrogen-bond acceptors (Lipinski definition) is 3. The molecule has 0 unspecified atom stereocenters. The normalized spacial score (nSPS) is 10.3. The summed E-state index contributed by atoms with van der Waals surface area (Å²) in [6.07, 6.45) is 1.76. The van der Waals surface area contributed by atoms with Crippen LogP contribution in [0.3, 0.4) is 0 Å². The third-order valence-corrected chi connectivity index (χ3v) is 3.68. The van der Waals surface area contributed by atoms with Gasteiger partial charge < -0.3 is 9.88 Å². The van der Waals surface area contributed by atoms with Crippen LogP contribution in [0.15, 0.2) is 39.4 Å². The first kappa shape index (κ1) is 14.7. The summed E-state index contributed by atoms with van der Waals surface area (Å²) < 4.78 is 2.79. The summed E-state index contributed by atoms with van der Waals surface area (Å²) in [6, 6.07) is 6.00. The second-order valence-corrected chi connectivity index (χ2v) is 5.80. The number of amides is 1. The fourth-order valence-corrected chi connectivity index (χ4v) is 2.73. The van der Waals surface area contributed by atoms with Crippen molar-refractivity contribution in [2.75, 3.05) is 5.32 Å². The minimum absolute atomic E-state index is 0.0513. The number of nitro groups is 1. The van der Waals surface area contributed by atoms with Crippen molar-refractivity contribution < 1.29 is 9.72 Å². The molecule has 0 radical (unpaired) electrons. The van der Waals surface area contributed by atoms with E-state index in [2.05, 4.69) is 37.2 Å². The van der Waals surface area contributed by atoms with Gasteiger partial charge in [0.2, 0.25) is 0 Å². The zero-order chi connectivity index (χ0) is 14.9. The number of hydrogen-bond donors (Lipinski definition) is 1. The van der Waals surface area contributed by atoms with Gasteiger partial charge in [-0.1, -0.05) is 0 Å². The Bertz CT molecular complexity index is 697. The Morgan fingerprint density at radius 2 is 2.05 bits per heavy atom. The number of nitro benzene ring substituents is 1. The van der Waals surface area contributed by atoms with Gasteiger partial charge in [-0.2, -0.15) is 0 Å². The van der Waals surface area contributed by atoms with Gasteiger partial charge in [-0.25, -0.2) is 0 Å². The van der Waals surface area contributed by atoms with Crippen LogP contribution in [0.4, 0.5) is 11.4 Å². The molecule has 0 saturated heterocycles. The predicted molar refractivity (Wildman–Crippen MR) is 81.9 cm³/mol. The predicted octanol–water partition coefficient (Wildman–Crippen LogP) is 3.71. The van der Waals surface area contributed by atoms with E-state index in [4.69, 9.17) is 0 Å². The largest absolute Gasteiger partial charge is 0.345 e. The van der Waals surface area contributed by atoms with Gasteiger partial charge in [0.15, 0.2) is 0 Å². The van der Waals surface area contributed by atoms with Crippen LogP contribution >= 0.6 is 31.9 Å². The number of halogens is 2. The summed E-state index contributed by atoms with van der Waals surface area (Å²) in [7, 11) is 1.76. The first-order valence-corrected chi connectivity index (χ1v) is 7.04. The van der Waals surface area contributed by atoms with Crippen molar-refractivity contribution in [3.05, 3.63) is 55.2 Å². The maximum Gasteiger partial charge on any atom is 0.283 e. The van der Waals surface area contributed by atoms with E-state index >= 15 is 0 Å². The monoisotopic (exact) mass is 401 g/mol. The van der Waals surface area contributed by atoms with Crippen LogP contribution in [0.25, 0.3) is 0 Å². The van der Waals surface area contributed by atoms with Crippen molar-refractivity contribution in [3.63, 3.8) is 0 Å². The molecule has 1 N–H and O–H groups in total. The van der Waals surface area contributed by atoms with Crippen molar-refractivity contribution in [2.24, 2.45) is 7.05 Å². The lowest BCUT2D eigenvalue weighted by molar-refractivity contribution is -0.385. The van der Waals surface area contributed by atoms with Crippen LogP contribution in [0.2, 0.25) is 0 Å². The molecule has 6 nitrogen and oxygen atoms in total. The van der Waals surface area contributed by atoms with E-state index in [1.807, 2.05) is 0 Å². The molecule has 1 aromatic carbocycles. The number of aromatic nitrogens is 1. The molecule has 8 heteroatoms. The Hall–Kier alpha value is -1.67. The standard InChI is InChI=1S/C12H9Br2N3O3/c1-16-6-7(13)4-11(16)12(18)15-8-2-3-10(17(19)20)9(14)5-8/h2-6H,1H3,(H,15,18). The summed E-state index contributed by atoms with van der Waals surface area (Å²) in [4.78, 5) is 22.3. The fourth-order valence-electron chi connectivity index (χ4n) is 1.68. The maximum atomic E-state index is 12.1. The molecule has 0 bridgehead atoms. The third kappa shape index (κ3) is 3.07. The lowest BCUT2D eigenvalue weighted by Crippen LogP contribution is -2.15. The van der Waals surface area contributed by atoms with E-state index < -0.39 is 4.92 Å². The summed E-state index contributed by atoms with van der Waals surface area (Å²) in [6.45, 7) is 0. The van der Waals surface area contributed by atoms with Gasteiger partial charge in [-0.15, -0.1) is 0 Å². The first-order chi connectivity index (χ1) is 9.38. The van der Waals surface area contributed by atoms with Gasteiger partial charge in [0.25, 0.3) is 11.6 Å². The number of benzene rings is 1. The van der Waals surface area contributed by atoms with Gasteiger partial charge in [-0.05, 0) is 50.1 Å². The molecule has 104 valence electrons. The third-order valence-electron chi connectivity index (χ3n) is 2.61. The molecule has 2 aromatic rings. The van der Waals surface area contributed by atoms with Gasteiger partial charge >= 0.3 is 0 Å². The van der Waals surface area contributed by atoms with Crippen molar-refractivity contribution >= 4 is 49.1 Å². The van der Waals surface area contributed by atoms with Crippen LogP contribution in [-0.2, 0) is 7.05 Å². The van der Waals surface area contributed by atoms with Crippen LogP contribution in [0, 0.1) is 10.1 Å². The topological polar surface area (TPSA) is 77.2 Å². The quantitative estimate of drug-likeness (QED) is 0.627. The number of aryl methyl sites for hydroxylation is 1.